The van der Waals surface area contributed by atoms with Crippen molar-refractivity contribution >= 4 is 5.96 Å². The molecule has 2 heterocycles. The number of hydrogen-bond donors (Lipinski definition) is 1. The van der Waals surface area contributed by atoms with E-state index in [0.717, 1.165) is 57.9 Å². The number of morpholine rings is 1. The fourth-order valence-corrected chi connectivity index (χ4v) is 5.15. The summed E-state index contributed by atoms with van der Waals surface area (Å²) in [5.41, 5.74) is 1.38. The molecule has 2 atom stereocenters. The third-order valence-electron chi connectivity index (χ3n) is 6.85. The summed E-state index contributed by atoms with van der Waals surface area (Å²) in [6.45, 7) is 6.74. The van der Waals surface area contributed by atoms with Crippen LogP contribution < -0.4 is 5.32 Å². The van der Waals surface area contributed by atoms with E-state index in [2.05, 4.69) is 62.4 Å². The number of nitrogens with one attached hydrogen (secondary N) is 1. The molecule has 2 unspecified atom stereocenters. The minimum absolute atomic E-state index is 0.271. The van der Waals surface area contributed by atoms with Crippen LogP contribution in [0.15, 0.2) is 35.3 Å². The molecule has 1 saturated carbocycles. The molecule has 6 nitrogen and oxygen atoms in total. The first-order chi connectivity index (χ1) is 14.2. The van der Waals surface area contributed by atoms with Crippen molar-refractivity contribution < 1.29 is 4.74 Å². The highest BCUT2D eigenvalue weighted by molar-refractivity contribution is 5.80. The standard InChI is InChI=1S/C23H37N5O/c1-24-23(25-12-13-26(2)20-10-6-7-11-20)28-17-21-22(18-28)29-15-14-27(21)16-19-8-4-3-5-9-19/h3-5,8-9,20-22H,6-7,10-18H2,1-2H3,(H,24,25). The minimum atomic E-state index is 0.271. The summed E-state index contributed by atoms with van der Waals surface area (Å²) in [6, 6.07) is 12.0. The Balaban J connectivity index is 1.29. The molecule has 1 aromatic rings. The normalized spacial score (nSPS) is 26.3. The quantitative estimate of drug-likeness (QED) is 0.586. The molecular formula is C23H37N5O. The Labute approximate surface area is 175 Å². The number of likely N-dealkylation sites (N-methyl/N-ethyl adjacent to an activating group) is 1. The zero-order chi connectivity index (χ0) is 20.1. The van der Waals surface area contributed by atoms with Crippen molar-refractivity contribution in [3.8, 4) is 0 Å². The Hall–Kier alpha value is -1.63. The number of fused-ring (bicyclic) bond motifs is 1. The summed E-state index contributed by atoms with van der Waals surface area (Å²) in [5, 5.41) is 3.60. The number of ether oxygens (including phenoxy) is 1. The van der Waals surface area contributed by atoms with Gasteiger partial charge in [0, 0.05) is 52.4 Å². The van der Waals surface area contributed by atoms with Gasteiger partial charge in [0.1, 0.15) is 0 Å². The first kappa shape index (κ1) is 20.6. The van der Waals surface area contributed by atoms with Crippen LogP contribution >= 0.6 is 0 Å². The van der Waals surface area contributed by atoms with Gasteiger partial charge >= 0.3 is 0 Å². The van der Waals surface area contributed by atoms with Crippen LogP contribution in [0.4, 0.5) is 0 Å². The molecule has 4 rings (SSSR count). The van der Waals surface area contributed by atoms with Gasteiger partial charge in [-0.15, -0.1) is 0 Å². The maximum absolute atomic E-state index is 6.13. The summed E-state index contributed by atoms with van der Waals surface area (Å²) >= 11 is 0. The molecular weight excluding hydrogens is 362 g/mol. The third-order valence-corrected chi connectivity index (χ3v) is 6.85. The molecule has 3 aliphatic rings. The molecule has 1 aromatic carbocycles. The number of aliphatic imine (C=N–C) groups is 1. The van der Waals surface area contributed by atoms with Gasteiger partial charge in [-0.25, -0.2) is 0 Å². The van der Waals surface area contributed by atoms with Crippen LogP contribution in [0, 0.1) is 0 Å². The van der Waals surface area contributed by atoms with Gasteiger partial charge in [0.2, 0.25) is 0 Å². The van der Waals surface area contributed by atoms with E-state index < -0.39 is 0 Å². The number of hydrogen-bond acceptors (Lipinski definition) is 4. The molecule has 0 bridgehead atoms. The lowest BCUT2D eigenvalue weighted by atomic mass is 10.1. The molecule has 29 heavy (non-hydrogen) atoms. The summed E-state index contributed by atoms with van der Waals surface area (Å²) < 4.78 is 6.13. The van der Waals surface area contributed by atoms with Gasteiger partial charge in [-0.1, -0.05) is 43.2 Å². The third kappa shape index (κ3) is 5.11. The fourth-order valence-electron chi connectivity index (χ4n) is 5.15. The van der Waals surface area contributed by atoms with E-state index in [1.807, 2.05) is 7.05 Å². The van der Waals surface area contributed by atoms with E-state index in [1.54, 1.807) is 0 Å². The van der Waals surface area contributed by atoms with Crippen molar-refractivity contribution in [2.24, 2.45) is 4.99 Å². The lowest BCUT2D eigenvalue weighted by Gasteiger charge is -2.36. The fraction of sp³-hybridized carbons (Fsp3) is 0.696. The maximum atomic E-state index is 6.13. The second-order valence-electron chi connectivity index (χ2n) is 8.73. The SMILES string of the molecule is CN=C(NCCN(C)C1CCCC1)N1CC2OCCN(Cc3ccccc3)C2C1. The van der Waals surface area contributed by atoms with E-state index in [9.17, 15) is 0 Å². The Kier molecular flexibility index (Phi) is 7.06. The van der Waals surface area contributed by atoms with Gasteiger partial charge in [-0.2, -0.15) is 0 Å². The minimum Gasteiger partial charge on any atom is -0.373 e. The lowest BCUT2D eigenvalue weighted by Crippen LogP contribution is -2.50. The second-order valence-corrected chi connectivity index (χ2v) is 8.73. The molecule has 2 aliphatic heterocycles. The van der Waals surface area contributed by atoms with E-state index in [0.29, 0.717) is 6.04 Å². The summed E-state index contributed by atoms with van der Waals surface area (Å²) in [6.07, 6.45) is 5.76. The average Bonchev–Trinajstić information content (AvgIpc) is 3.42. The number of likely N-dealkylation sites (tertiary alicyclic amines) is 1. The van der Waals surface area contributed by atoms with E-state index in [4.69, 9.17) is 4.74 Å². The summed E-state index contributed by atoms with van der Waals surface area (Å²) in [5.74, 6) is 1.02. The van der Waals surface area contributed by atoms with Crippen molar-refractivity contribution in [2.75, 3.05) is 53.4 Å². The zero-order valence-corrected chi connectivity index (χ0v) is 18.1. The van der Waals surface area contributed by atoms with Crippen LogP contribution in [0.3, 0.4) is 0 Å². The monoisotopic (exact) mass is 399 g/mol. The smallest absolute Gasteiger partial charge is 0.193 e. The molecule has 0 spiro atoms. The van der Waals surface area contributed by atoms with Gasteiger partial charge in [0.05, 0.1) is 18.8 Å². The summed E-state index contributed by atoms with van der Waals surface area (Å²) in [4.78, 5) is 12.1. The van der Waals surface area contributed by atoms with Crippen LogP contribution in [0.25, 0.3) is 0 Å². The average molecular weight is 400 g/mol. The highest BCUT2D eigenvalue weighted by Gasteiger charge is 2.41. The molecule has 6 heteroatoms. The highest BCUT2D eigenvalue weighted by atomic mass is 16.5. The van der Waals surface area contributed by atoms with Crippen LogP contribution in [-0.2, 0) is 11.3 Å². The number of guanidine groups is 1. The summed E-state index contributed by atoms with van der Waals surface area (Å²) in [7, 11) is 4.16. The highest BCUT2D eigenvalue weighted by Crippen LogP contribution is 2.25. The topological polar surface area (TPSA) is 43.3 Å². The largest absolute Gasteiger partial charge is 0.373 e. The molecule has 0 radical (unpaired) electrons. The Morgan fingerprint density at radius 3 is 2.76 bits per heavy atom. The second kappa shape index (κ2) is 9.92. The zero-order valence-electron chi connectivity index (χ0n) is 18.1. The Morgan fingerprint density at radius 1 is 1.21 bits per heavy atom. The lowest BCUT2D eigenvalue weighted by molar-refractivity contribution is -0.0502. The van der Waals surface area contributed by atoms with E-state index in [1.165, 1.54) is 31.2 Å². The first-order valence-electron chi connectivity index (χ1n) is 11.3. The Morgan fingerprint density at radius 2 is 2.00 bits per heavy atom. The molecule has 0 amide bonds. The molecule has 2 saturated heterocycles. The predicted molar refractivity (Wildman–Crippen MR) is 118 cm³/mol. The molecule has 3 fully saturated rings. The van der Waals surface area contributed by atoms with Crippen molar-refractivity contribution in [1.29, 1.82) is 0 Å². The molecule has 0 aromatic heterocycles. The van der Waals surface area contributed by atoms with Crippen molar-refractivity contribution in [2.45, 2.75) is 50.4 Å². The van der Waals surface area contributed by atoms with Crippen molar-refractivity contribution in [1.82, 2.24) is 20.0 Å². The van der Waals surface area contributed by atoms with Gasteiger partial charge in [0.25, 0.3) is 0 Å². The number of benzene rings is 1. The maximum Gasteiger partial charge on any atom is 0.193 e. The molecule has 160 valence electrons. The number of rotatable bonds is 6. The number of nitrogens with zero attached hydrogens (tertiary/aromatic N) is 4. The predicted octanol–water partition coefficient (Wildman–Crippen LogP) is 2.02. The van der Waals surface area contributed by atoms with Gasteiger partial charge in [0.15, 0.2) is 5.96 Å². The molecule has 1 N–H and O–H groups in total. The van der Waals surface area contributed by atoms with Crippen LogP contribution in [0.1, 0.15) is 31.2 Å². The van der Waals surface area contributed by atoms with Gasteiger partial charge in [-0.05, 0) is 25.5 Å². The molecule has 1 aliphatic carbocycles. The first-order valence-corrected chi connectivity index (χ1v) is 11.3. The van der Waals surface area contributed by atoms with E-state index in [-0.39, 0.29) is 6.10 Å². The van der Waals surface area contributed by atoms with Crippen LogP contribution in [-0.4, -0.2) is 92.3 Å². The van der Waals surface area contributed by atoms with Gasteiger partial charge in [-0.3, -0.25) is 9.89 Å². The van der Waals surface area contributed by atoms with Crippen LogP contribution in [0.5, 0.6) is 0 Å². The van der Waals surface area contributed by atoms with Crippen LogP contribution in [0.2, 0.25) is 0 Å². The van der Waals surface area contributed by atoms with Crippen molar-refractivity contribution in [3.05, 3.63) is 35.9 Å². The Bertz CT molecular complexity index is 660. The van der Waals surface area contributed by atoms with Crippen molar-refractivity contribution in [3.63, 3.8) is 0 Å². The van der Waals surface area contributed by atoms with E-state index >= 15 is 0 Å². The van der Waals surface area contributed by atoms with Gasteiger partial charge < -0.3 is 19.9 Å².